The molecular formula is C47H58O5Si2. The Hall–Kier alpha value is -4.04. The molecule has 0 amide bonds. The Labute approximate surface area is 326 Å². The Morgan fingerprint density at radius 1 is 0.741 bits per heavy atom. The van der Waals surface area contributed by atoms with Crippen LogP contribution in [0.15, 0.2) is 133 Å². The molecule has 7 heteroatoms. The minimum absolute atomic E-state index is 0.150. The molecule has 5 nitrogen and oxygen atoms in total. The van der Waals surface area contributed by atoms with Gasteiger partial charge in [-0.3, -0.25) is 4.79 Å². The largest absolute Gasteiger partial charge is 0.466 e. The van der Waals surface area contributed by atoms with Crippen LogP contribution in [0.2, 0.25) is 10.1 Å². The van der Waals surface area contributed by atoms with Gasteiger partial charge in [-0.05, 0) is 44.2 Å². The smallest absolute Gasteiger partial charge is 0.306 e. The van der Waals surface area contributed by atoms with Crippen LogP contribution in [-0.4, -0.2) is 52.6 Å². The quantitative estimate of drug-likeness (QED) is 0.0629. The lowest BCUT2D eigenvalue weighted by Gasteiger charge is -2.46. The maximum absolute atomic E-state index is 13.6. The molecule has 284 valence electrons. The molecule has 1 aliphatic carbocycles. The number of hydrogen-bond donors (Lipinski definition) is 1. The number of benzene rings is 4. The number of ether oxygens (including phenoxy) is 1. The molecule has 0 aromatic heterocycles. The Bertz CT molecular complexity index is 1760. The van der Waals surface area contributed by atoms with Gasteiger partial charge in [0.25, 0.3) is 16.6 Å². The van der Waals surface area contributed by atoms with Gasteiger partial charge in [0, 0.05) is 18.3 Å². The van der Waals surface area contributed by atoms with Crippen molar-refractivity contribution < 1.29 is 23.5 Å². The Balaban J connectivity index is 1.75. The molecule has 0 bridgehead atoms. The monoisotopic (exact) mass is 758 g/mol. The highest BCUT2D eigenvalue weighted by atomic mass is 28.4. The Kier molecular flexibility index (Phi) is 13.4. The van der Waals surface area contributed by atoms with Gasteiger partial charge in [-0.1, -0.05) is 175 Å². The van der Waals surface area contributed by atoms with Crippen molar-refractivity contribution in [1.82, 2.24) is 0 Å². The van der Waals surface area contributed by atoms with E-state index >= 15 is 0 Å². The molecule has 4 aromatic rings. The zero-order valence-electron chi connectivity index (χ0n) is 33.1. The summed E-state index contributed by atoms with van der Waals surface area (Å²) in [5.41, 5.74) is 0. The summed E-state index contributed by atoms with van der Waals surface area (Å²) in [6.07, 6.45) is 8.80. The minimum atomic E-state index is -3.06. The molecule has 5 rings (SSSR count). The van der Waals surface area contributed by atoms with Crippen LogP contribution in [0.3, 0.4) is 0 Å². The third-order valence-electron chi connectivity index (χ3n) is 10.9. The molecular weight excluding hydrogens is 701 g/mol. The maximum Gasteiger partial charge on any atom is 0.306 e. The van der Waals surface area contributed by atoms with Crippen molar-refractivity contribution in [2.75, 3.05) is 6.61 Å². The van der Waals surface area contributed by atoms with Crippen LogP contribution in [0.1, 0.15) is 67.7 Å². The average Bonchev–Trinajstić information content (AvgIpc) is 3.46. The van der Waals surface area contributed by atoms with E-state index < -0.39 is 22.7 Å². The summed E-state index contributed by atoms with van der Waals surface area (Å²) in [4.78, 5) is 13.6. The first-order chi connectivity index (χ1) is 25.8. The fourth-order valence-corrected chi connectivity index (χ4v) is 18.0. The van der Waals surface area contributed by atoms with Gasteiger partial charge in [-0.25, -0.2) is 0 Å². The normalized spacial score (nSPS) is 20.1. The van der Waals surface area contributed by atoms with Gasteiger partial charge in [0.05, 0.1) is 31.3 Å². The van der Waals surface area contributed by atoms with E-state index in [9.17, 15) is 9.90 Å². The fraction of sp³-hybridized carbons (Fsp3) is 0.383. The van der Waals surface area contributed by atoms with Gasteiger partial charge in [-0.2, -0.15) is 0 Å². The van der Waals surface area contributed by atoms with Crippen LogP contribution in [0.25, 0.3) is 0 Å². The number of carbonyl (C=O) groups excluding carboxylic acids is 1. The molecule has 0 heterocycles. The predicted molar refractivity (Wildman–Crippen MR) is 226 cm³/mol. The van der Waals surface area contributed by atoms with Crippen molar-refractivity contribution >= 4 is 43.4 Å². The second kappa shape index (κ2) is 17.6. The molecule has 1 saturated carbocycles. The van der Waals surface area contributed by atoms with Crippen molar-refractivity contribution in [3.8, 4) is 12.3 Å². The first-order valence-corrected chi connectivity index (χ1v) is 23.1. The highest BCUT2D eigenvalue weighted by Gasteiger charge is 2.58. The standard InChI is InChI=1S/C47H58O5Si2/c1-9-23-36(48)32-33-41-42(34-45(49)50-10-2)44(52-54(47(6,7)8,39-28-19-13-20-29-39)40-30-21-14-22-31-40)35-43(41)51-53(46(3,4)5,37-24-15-11-16-25-37)38-26-17-12-18-27-38/h1,11-22,24-33,36,41-44,48H,10,23,34-35H2,2-8H3/b33-32+/t36-,41-,42+,43-,44+/m1/s1. The topological polar surface area (TPSA) is 65.0 Å². The van der Waals surface area contributed by atoms with E-state index in [1.807, 2.05) is 37.3 Å². The maximum atomic E-state index is 13.6. The van der Waals surface area contributed by atoms with Crippen LogP contribution in [-0.2, 0) is 18.4 Å². The molecule has 0 saturated heterocycles. The molecule has 0 aliphatic heterocycles. The van der Waals surface area contributed by atoms with Crippen LogP contribution in [0.4, 0.5) is 0 Å². The van der Waals surface area contributed by atoms with E-state index in [1.165, 1.54) is 20.7 Å². The van der Waals surface area contributed by atoms with Crippen molar-refractivity contribution in [2.45, 2.75) is 96.1 Å². The highest BCUT2D eigenvalue weighted by molar-refractivity contribution is 7.00. The van der Waals surface area contributed by atoms with Crippen LogP contribution < -0.4 is 20.7 Å². The van der Waals surface area contributed by atoms with E-state index in [2.05, 4.69) is 145 Å². The molecule has 0 spiro atoms. The summed E-state index contributed by atoms with van der Waals surface area (Å²) in [5.74, 6) is 1.73. The zero-order valence-corrected chi connectivity index (χ0v) is 35.1. The number of aliphatic hydroxyl groups excluding tert-OH is 1. The lowest BCUT2D eigenvalue weighted by atomic mass is 9.90. The Morgan fingerprint density at radius 3 is 1.48 bits per heavy atom. The summed E-state index contributed by atoms with van der Waals surface area (Å²) < 4.78 is 21.4. The number of aliphatic hydroxyl groups is 1. The summed E-state index contributed by atoms with van der Waals surface area (Å²) in [5, 5.41) is 15.1. The van der Waals surface area contributed by atoms with Crippen LogP contribution in [0, 0.1) is 24.2 Å². The molecule has 1 aliphatic rings. The van der Waals surface area contributed by atoms with E-state index in [1.54, 1.807) is 6.08 Å². The van der Waals surface area contributed by atoms with Gasteiger partial charge in [0.2, 0.25) is 0 Å². The summed E-state index contributed by atoms with van der Waals surface area (Å²) in [6, 6.07) is 42.5. The molecule has 4 aromatic carbocycles. The van der Waals surface area contributed by atoms with E-state index in [-0.39, 0.29) is 59.5 Å². The molecule has 0 unspecified atom stereocenters. The molecule has 5 atom stereocenters. The summed E-state index contributed by atoms with van der Waals surface area (Å²) in [7, 11) is -6.12. The number of hydrogen-bond acceptors (Lipinski definition) is 5. The van der Waals surface area contributed by atoms with E-state index in [0.717, 1.165) is 0 Å². The van der Waals surface area contributed by atoms with E-state index in [4.69, 9.17) is 20.0 Å². The summed E-state index contributed by atoms with van der Waals surface area (Å²) >= 11 is 0. The lowest BCUT2D eigenvalue weighted by Crippen LogP contribution is -2.68. The van der Waals surface area contributed by atoms with E-state index in [0.29, 0.717) is 6.42 Å². The van der Waals surface area contributed by atoms with Crippen molar-refractivity contribution in [2.24, 2.45) is 11.8 Å². The first-order valence-electron chi connectivity index (χ1n) is 19.3. The van der Waals surface area contributed by atoms with Gasteiger partial charge >= 0.3 is 5.97 Å². The van der Waals surface area contributed by atoms with Crippen LogP contribution >= 0.6 is 0 Å². The molecule has 1 fully saturated rings. The average molecular weight is 759 g/mol. The van der Waals surface area contributed by atoms with Gasteiger partial charge in [0.1, 0.15) is 0 Å². The Morgan fingerprint density at radius 2 is 1.13 bits per heavy atom. The SMILES string of the molecule is C#CC[C@@H](O)/C=C/[C@@H]1[C@H](CC(=O)OCC)[C@@H](O[Si](c2ccccc2)(c2ccccc2)C(C)(C)C)C[C@H]1O[Si](c1ccccc1)(c1ccccc1)C(C)(C)C. The third kappa shape index (κ3) is 8.59. The van der Waals surface area contributed by atoms with Gasteiger partial charge < -0.3 is 18.7 Å². The van der Waals surface area contributed by atoms with Gasteiger partial charge in [-0.15, -0.1) is 12.3 Å². The molecule has 0 radical (unpaired) electrons. The van der Waals surface area contributed by atoms with Crippen LogP contribution in [0.5, 0.6) is 0 Å². The number of terminal acetylenes is 1. The molecule has 1 N–H and O–H groups in total. The number of esters is 1. The third-order valence-corrected chi connectivity index (χ3v) is 21.1. The fourth-order valence-electron chi connectivity index (χ4n) is 8.58. The number of carbonyl (C=O) groups is 1. The first kappa shape index (κ1) is 41.1. The molecule has 54 heavy (non-hydrogen) atoms. The lowest BCUT2D eigenvalue weighted by molar-refractivity contribution is -0.145. The minimum Gasteiger partial charge on any atom is -0.466 e. The van der Waals surface area contributed by atoms with Crippen molar-refractivity contribution in [1.29, 1.82) is 0 Å². The highest BCUT2D eigenvalue weighted by Crippen LogP contribution is 2.48. The predicted octanol–water partition coefficient (Wildman–Crippen LogP) is 7.41. The second-order valence-corrected chi connectivity index (χ2v) is 25.0. The van der Waals surface area contributed by atoms with Crippen molar-refractivity contribution in [3.05, 3.63) is 133 Å². The number of rotatable bonds is 14. The van der Waals surface area contributed by atoms with Gasteiger partial charge in [0.15, 0.2) is 0 Å². The van der Waals surface area contributed by atoms with Crippen molar-refractivity contribution in [3.63, 3.8) is 0 Å². The second-order valence-electron chi connectivity index (χ2n) is 16.5. The summed E-state index contributed by atoms with van der Waals surface area (Å²) in [6.45, 7) is 15.8. The zero-order chi connectivity index (χ0) is 39.0.